The number of nitrogens with zero attached hydrogens (tertiary/aromatic N) is 1. The number of carbonyl (C=O) groups excluding carboxylic acids is 1. The lowest BCUT2D eigenvalue weighted by Crippen LogP contribution is -2.16. The van der Waals surface area contributed by atoms with Crippen LogP contribution in [0.25, 0.3) is 0 Å². The molecule has 0 saturated heterocycles. The van der Waals surface area contributed by atoms with Gasteiger partial charge in [0, 0.05) is 11.9 Å². The Morgan fingerprint density at radius 2 is 1.62 bits per heavy atom. The largest absolute Gasteiger partial charge is 0.512 e. The van der Waals surface area contributed by atoms with E-state index in [9.17, 15) is 9.90 Å². The number of carbonyl (C=O) groups is 1. The maximum atomic E-state index is 12.2. The van der Waals surface area contributed by atoms with Crippen LogP contribution in [0.1, 0.15) is 6.92 Å². The number of benzene rings is 2. The van der Waals surface area contributed by atoms with E-state index in [0.29, 0.717) is 11.4 Å². The molecule has 0 fully saturated rings. The first-order chi connectivity index (χ1) is 10.2. The van der Waals surface area contributed by atoms with Gasteiger partial charge in [0.05, 0.1) is 11.3 Å². The van der Waals surface area contributed by atoms with Crippen molar-refractivity contribution in [1.82, 2.24) is 0 Å². The van der Waals surface area contributed by atoms with Crippen LogP contribution in [0.15, 0.2) is 77.0 Å². The summed E-state index contributed by atoms with van der Waals surface area (Å²) in [5.74, 6) is -0.482. The Morgan fingerprint density at radius 1 is 1.05 bits per heavy atom. The second kappa shape index (κ2) is 7.05. The third kappa shape index (κ3) is 4.31. The first kappa shape index (κ1) is 14.5. The maximum Gasteiger partial charge on any atom is 0.260 e. The summed E-state index contributed by atoms with van der Waals surface area (Å²) >= 11 is 0. The number of anilines is 1. The van der Waals surface area contributed by atoms with E-state index >= 15 is 0 Å². The van der Waals surface area contributed by atoms with Crippen molar-refractivity contribution < 1.29 is 9.90 Å². The molecule has 0 bridgehead atoms. The van der Waals surface area contributed by atoms with E-state index < -0.39 is 5.91 Å². The van der Waals surface area contributed by atoms with E-state index in [2.05, 4.69) is 10.3 Å². The van der Waals surface area contributed by atoms with E-state index in [1.807, 2.05) is 48.5 Å². The van der Waals surface area contributed by atoms with Gasteiger partial charge in [0.2, 0.25) is 0 Å². The predicted molar refractivity (Wildman–Crippen MR) is 85.0 cm³/mol. The van der Waals surface area contributed by atoms with Crippen molar-refractivity contribution in [3.05, 3.63) is 72.0 Å². The number of aliphatic imine (C=N–C) groups is 1. The SMILES string of the molecule is C/C(O)=C(\C=Nc1ccccc1)C(=O)Nc1ccccc1. The number of aliphatic hydroxyl groups excluding tert-OH is 1. The van der Waals surface area contributed by atoms with E-state index in [1.54, 1.807) is 12.1 Å². The zero-order chi connectivity index (χ0) is 15.1. The lowest BCUT2D eigenvalue weighted by atomic mass is 10.2. The van der Waals surface area contributed by atoms with Crippen LogP contribution in [0.4, 0.5) is 11.4 Å². The fourth-order valence-electron chi connectivity index (χ4n) is 1.69. The summed E-state index contributed by atoms with van der Waals surface area (Å²) in [5.41, 5.74) is 1.50. The zero-order valence-electron chi connectivity index (χ0n) is 11.7. The molecule has 0 aromatic heterocycles. The highest BCUT2D eigenvalue weighted by atomic mass is 16.3. The van der Waals surface area contributed by atoms with Crippen molar-refractivity contribution in [2.45, 2.75) is 6.92 Å². The summed E-state index contributed by atoms with van der Waals surface area (Å²) in [4.78, 5) is 16.3. The summed E-state index contributed by atoms with van der Waals surface area (Å²) in [6.45, 7) is 1.46. The van der Waals surface area contributed by atoms with Crippen molar-refractivity contribution in [2.24, 2.45) is 4.99 Å². The molecule has 0 spiro atoms. The molecule has 4 heteroatoms. The van der Waals surface area contributed by atoms with E-state index in [1.165, 1.54) is 13.1 Å². The molecule has 0 aliphatic carbocycles. The summed E-state index contributed by atoms with van der Waals surface area (Å²) in [7, 11) is 0. The van der Waals surface area contributed by atoms with Gasteiger partial charge in [-0.25, -0.2) is 0 Å². The average Bonchev–Trinajstić information content (AvgIpc) is 2.49. The monoisotopic (exact) mass is 280 g/mol. The zero-order valence-corrected chi connectivity index (χ0v) is 11.7. The van der Waals surface area contributed by atoms with Crippen LogP contribution >= 0.6 is 0 Å². The molecule has 0 atom stereocenters. The fraction of sp³-hybridized carbons (Fsp3) is 0.0588. The van der Waals surface area contributed by atoms with Crippen molar-refractivity contribution >= 4 is 23.5 Å². The molecule has 0 heterocycles. The first-order valence-electron chi connectivity index (χ1n) is 6.52. The summed E-state index contributed by atoms with van der Waals surface area (Å²) in [5, 5.41) is 12.4. The Labute approximate surface area is 123 Å². The second-order valence-corrected chi connectivity index (χ2v) is 4.41. The van der Waals surface area contributed by atoms with E-state index in [0.717, 1.165) is 0 Å². The number of allylic oxidation sites excluding steroid dienone is 1. The molecule has 0 aliphatic heterocycles. The number of amides is 1. The van der Waals surface area contributed by atoms with Gasteiger partial charge in [0.25, 0.3) is 5.91 Å². The number of para-hydroxylation sites is 2. The van der Waals surface area contributed by atoms with Crippen LogP contribution in [0.2, 0.25) is 0 Å². The molecule has 0 saturated carbocycles. The van der Waals surface area contributed by atoms with Crippen molar-refractivity contribution in [3.8, 4) is 0 Å². The van der Waals surface area contributed by atoms with Gasteiger partial charge < -0.3 is 10.4 Å². The van der Waals surface area contributed by atoms with Crippen molar-refractivity contribution in [1.29, 1.82) is 0 Å². The molecule has 4 nitrogen and oxygen atoms in total. The van der Waals surface area contributed by atoms with Crippen molar-refractivity contribution in [2.75, 3.05) is 5.32 Å². The van der Waals surface area contributed by atoms with Gasteiger partial charge in [-0.05, 0) is 31.2 Å². The minimum absolute atomic E-state index is 0.0805. The van der Waals surface area contributed by atoms with Gasteiger partial charge in [-0.3, -0.25) is 9.79 Å². The highest BCUT2D eigenvalue weighted by Crippen LogP contribution is 2.12. The molecule has 21 heavy (non-hydrogen) atoms. The molecule has 0 aliphatic rings. The Balaban J connectivity index is 2.15. The van der Waals surface area contributed by atoms with E-state index in [4.69, 9.17) is 0 Å². The maximum absolute atomic E-state index is 12.2. The van der Waals surface area contributed by atoms with Gasteiger partial charge in [-0.15, -0.1) is 0 Å². The molecule has 106 valence electrons. The minimum atomic E-state index is -0.402. The van der Waals surface area contributed by atoms with Crippen LogP contribution in [0, 0.1) is 0 Å². The van der Waals surface area contributed by atoms with E-state index in [-0.39, 0.29) is 11.3 Å². The Hall–Kier alpha value is -2.88. The van der Waals surface area contributed by atoms with Crippen LogP contribution in [0.3, 0.4) is 0 Å². The van der Waals surface area contributed by atoms with Gasteiger partial charge in [-0.2, -0.15) is 0 Å². The standard InChI is InChI=1S/C17H16N2O2/c1-13(20)16(12-18-14-8-4-2-5-9-14)17(21)19-15-10-6-3-7-11-15/h2-12,20H,1H3,(H,19,21)/b16-13-,18-12?. The Bertz CT molecular complexity index is 658. The molecule has 1 amide bonds. The third-order valence-electron chi connectivity index (χ3n) is 2.76. The highest BCUT2D eigenvalue weighted by Gasteiger charge is 2.11. The topological polar surface area (TPSA) is 61.7 Å². The third-order valence-corrected chi connectivity index (χ3v) is 2.76. The van der Waals surface area contributed by atoms with Gasteiger partial charge in [0.1, 0.15) is 5.76 Å². The van der Waals surface area contributed by atoms with Crippen LogP contribution in [-0.2, 0) is 4.79 Å². The number of hydrogen-bond donors (Lipinski definition) is 2. The first-order valence-corrected chi connectivity index (χ1v) is 6.52. The average molecular weight is 280 g/mol. The number of aliphatic hydroxyl groups is 1. The fourth-order valence-corrected chi connectivity index (χ4v) is 1.69. The van der Waals surface area contributed by atoms with Crippen molar-refractivity contribution in [3.63, 3.8) is 0 Å². The normalized spacial score (nSPS) is 12.0. The Kier molecular flexibility index (Phi) is 4.88. The summed E-state index contributed by atoms with van der Waals surface area (Å²) < 4.78 is 0. The van der Waals surface area contributed by atoms with Crippen LogP contribution < -0.4 is 5.32 Å². The quantitative estimate of drug-likeness (QED) is 0.507. The highest BCUT2D eigenvalue weighted by molar-refractivity contribution is 6.18. The lowest BCUT2D eigenvalue weighted by Gasteiger charge is -2.06. The number of nitrogens with one attached hydrogen (secondary N) is 1. The number of hydrogen-bond acceptors (Lipinski definition) is 3. The molecule has 0 radical (unpaired) electrons. The molecular weight excluding hydrogens is 264 g/mol. The van der Waals surface area contributed by atoms with Gasteiger partial charge in [0.15, 0.2) is 0 Å². The summed E-state index contributed by atoms with van der Waals surface area (Å²) in [6.07, 6.45) is 1.36. The molecular formula is C17H16N2O2. The van der Waals surface area contributed by atoms with Gasteiger partial charge >= 0.3 is 0 Å². The Morgan fingerprint density at radius 3 is 2.19 bits per heavy atom. The predicted octanol–water partition coefficient (Wildman–Crippen LogP) is 3.86. The molecule has 2 rings (SSSR count). The molecule has 0 unspecified atom stereocenters. The molecule has 2 N–H and O–H groups in total. The minimum Gasteiger partial charge on any atom is -0.512 e. The van der Waals surface area contributed by atoms with Crippen LogP contribution in [-0.4, -0.2) is 17.2 Å². The summed E-state index contributed by atoms with van der Waals surface area (Å²) in [6, 6.07) is 18.3. The molecule has 2 aromatic carbocycles. The van der Waals surface area contributed by atoms with Crippen LogP contribution in [0.5, 0.6) is 0 Å². The van der Waals surface area contributed by atoms with Gasteiger partial charge in [-0.1, -0.05) is 36.4 Å². The smallest absolute Gasteiger partial charge is 0.260 e. The lowest BCUT2D eigenvalue weighted by molar-refractivity contribution is -0.112. The second-order valence-electron chi connectivity index (χ2n) is 4.41. The molecule has 2 aromatic rings. The number of rotatable bonds is 4.